The molecule has 0 aliphatic rings. The highest BCUT2D eigenvalue weighted by Crippen LogP contribution is 1.67. The van der Waals surface area contributed by atoms with Crippen LogP contribution in [0.15, 0.2) is 0 Å². The predicted molar refractivity (Wildman–Crippen MR) is 45.9 cm³/mol. The molecule has 0 unspecified atom stereocenters. The van der Waals surface area contributed by atoms with E-state index in [0.29, 0.717) is 6.73 Å². The fourth-order valence-corrected chi connectivity index (χ4v) is 0.174. The molecule has 0 heterocycles. The van der Waals surface area contributed by atoms with Crippen LogP contribution in [0.3, 0.4) is 0 Å². The Hall–Kier alpha value is -0.570. The van der Waals surface area contributed by atoms with Crippen molar-refractivity contribution in [2.75, 3.05) is 13.8 Å². The summed E-state index contributed by atoms with van der Waals surface area (Å²) < 4.78 is 4.44. The van der Waals surface area contributed by atoms with Gasteiger partial charge in [-0.25, -0.2) is 0 Å². The van der Waals surface area contributed by atoms with Gasteiger partial charge in [0.1, 0.15) is 6.73 Å². The number of hydrogen-bond donors (Lipinski definition) is 1. The fourth-order valence-electron chi connectivity index (χ4n) is 0.174. The van der Waals surface area contributed by atoms with E-state index in [4.69, 9.17) is 0 Å². The minimum absolute atomic E-state index is 0. The van der Waals surface area contributed by atoms with E-state index in [9.17, 15) is 4.79 Å². The van der Waals surface area contributed by atoms with E-state index in [0.717, 1.165) is 0 Å². The summed E-state index contributed by atoms with van der Waals surface area (Å²) in [5, 5.41) is 2.66. The van der Waals surface area contributed by atoms with Crippen molar-refractivity contribution in [3.8, 4) is 0 Å². The summed E-state index contributed by atoms with van der Waals surface area (Å²) in [4.78, 5) is 9.94. The second-order valence-corrected chi connectivity index (χ2v) is 1.13. The second kappa shape index (κ2) is 15.8. The predicted octanol–water partition coefficient (Wildman–Crippen LogP) is 1.63. The van der Waals surface area contributed by atoms with Crippen molar-refractivity contribution in [2.24, 2.45) is 0 Å². The van der Waals surface area contributed by atoms with Gasteiger partial charge >= 0.3 is 5.97 Å². The van der Waals surface area contributed by atoms with Crippen LogP contribution in [-0.4, -0.2) is 19.7 Å². The molecule has 0 aromatic carbocycles. The number of carbonyl (C=O) groups is 1. The molecule has 3 nitrogen and oxygen atoms in total. The highest BCUT2D eigenvalue weighted by Gasteiger charge is 1.84. The molecule has 0 radical (unpaired) electrons. The lowest BCUT2D eigenvalue weighted by atomic mass is 10.8. The van der Waals surface area contributed by atoms with Gasteiger partial charge in [0, 0.05) is 6.92 Å². The summed E-state index contributed by atoms with van der Waals surface area (Å²) >= 11 is 0. The number of carbonyl (C=O) groups excluding carboxylic acids is 1. The Morgan fingerprint density at radius 1 is 1.40 bits per heavy atom. The first kappa shape index (κ1) is 22.7. The third kappa shape index (κ3) is 26.1. The van der Waals surface area contributed by atoms with E-state index in [1.54, 1.807) is 7.05 Å². The quantitative estimate of drug-likeness (QED) is 0.481. The van der Waals surface area contributed by atoms with Gasteiger partial charge in [-0.1, -0.05) is 22.3 Å². The number of esters is 1. The van der Waals surface area contributed by atoms with Crippen molar-refractivity contribution >= 4 is 5.97 Å². The van der Waals surface area contributed by atoms with E-state index < -0.39 is 0 Å². The van der Waals surface area contributed by atoms with Gasteiger partial charge in [0.15, 0.2) is 0 Å². The van der Waals surface area contributed by atoms with Crippen molar-refractivity contribution in [1.82, 2.24) is 5.32 Å². The van der Waals surface area contributed by atoms with Gasteiger partial charge in [-0.15, -0.1) is 0 Å². The summed E-state index contributed by atoms with van der Waals surface area (Å²) in [6, 6.07) is 0. The zero-order valence-electron chi connectivity index (χ0n) is 4.52. The zero-order valence-corrected chi connectivity index (χ0v) is 4.52. The first-order chi connectivity index (χ1) is 3.27. The Balaban J connectivity index is -0.0000000600. The molecule has 0 rings (SSSR count). The van der Waals surface area contributed by atoms with Gasteiger partial charge in [0.05, 0.1) is 0 Å². The van der Waals surface area contributed by atoms with Crippen LogP contribution in [0.5, 0.6) is 0 Å². The topological polar surface area (TPSA) is 38.3 Å². The lowest BCUT2D eigenvalue weighted by Gasteiger charge is -1.95. The standard InChI is InChI=1S/C4H9NO2.3CH4/c1-4(6)7-3-5-2;;;/h5H,3H2,1-2H3;3*1H4. The molecule has 3 heteroatoms. The molecule has 0 aromatic rings. The van der Waals surface area contributed by atoms with E-state index >= 15 is 0 Å². The number of rotatable bonds is 2. The first-order valence-electron chi connectivity index (χ1n) is 2.05. The van der Waals surface area contributed by atoms with Gasteiger partial charge in [0.25, 0.3) is 0 Å². The maximum atomic E-state index is 9.94. The molecule has 0 saturated carbocycles. The molecule has 0 amide bonds. The van der Waals surface area contributed by atoms with Gasteiger partial charge < -0.3 is 4.74 Å². The molecule has 0 aliphatic carbocycles. The third-order valence-electron chi connectivity index (χ3n) is 0.420. The highest BCUT2D eigenvalue weighted by molar-refractivity contribution is 5.65. The van der Waals surface area contributed by atoms with Crippen LogP contribution in [0.4, 0.5) is 0 Å². The van der Waals surface area contributed by atoms with E-state index in [-0.39, 0.29) is 28.2 Å². The average Bonchev–Trinajstić information content (AvgIpc) is 1.61. The Morgan fingerprint density at radius 3 is 1.90 bits per heavy atom. The minimum atomic E-state index is -0.255. The van der Waals surface area contributed by atoms with Gasteiger partial charge in [-0.3, -0.25) is 10.1 Å². The molecule has 10 heavy (non-hydrogen) atoms. The molecular formula is C7H21NO2. The Kier molecular flexibility index (Phi) is 35.9. The maximum absolute atomic E-state index is 9.94. The fraction of sp³-hybridized carbons (Fsp3) is 0.857. The van der Waals surface area contributed by atoms with Crippen molar-refractivity contribution in [3.05, 3.63) is 0 Å². The normalized spacial score (nSPS) is 5.80. The van der Waals surface area contributed by atoms with Crippen LogP contribution in [0.25, 0.3) is 0 Å². The molecule has 0 spiro atoms. The summed E-state index contributed by atoms with van der Waals surface area (Å²) in [6.45, 7) is 1.67. The highest BCUT2D eigenvalue weighted by atomic mass is 16.5. The van der Waals surface area contributed by atoms with Crippen LogP contribution in [-0.2, 0) is 9.53 Å². The Labute approximate surface area is 64.8 Å². The van der Waals surface area contributed by atoms with Crippen molar-refractivity contribution in [3.63, 3.8) is 0 Å². The van der Waals surface area contributed by atoms with Crippen LogP contribution < -0.4 is 5.32 Å². The van der Waals surface area contributed by atoms with Crippen molar-refractivity contribution < 1.29 is 9.53 Å². The number of nitrogens with one attached hydrogen (secondary N) is 1. The largest absolute Gasteiger partial charge is 0.450 e. The lowest BCUT2D eigenvalue weighted by molar-refractivity contribution is -0.141. The molecule has 0 fully saturated rings. The Bertz CT molecular complexity index is 64.6. The molecule has 0 atom stereocenters. The van der Waals surface area contributed by atoms with E-state index in [1.165, 1.54) is 6.92 Å². The first-order valence-corrected chi connectivity index (χ1v) is 2.05. The lowest BCUT2D eigenvalue weighted by Crippen LogP contribution is -2.13. The van der Waals surface area contributed by atoms with Crippen molar-refractivity contribution in [1.29, 1.82) is 0 Å². The van der Waals surface area contributed by atoms with Crippen LogP contribution in [0, 0.1) is 0 Å². The SMILES string of the molecule is C.C.C.CNCOC(C)=O. The summed E-state index contributed by atoms with van der Waals surface area (Å²) in [6.07, 6.45) is 0. The maximum Gasteiger partial charge on any atom is 0.303 e. The van der Waals surface area contributed by atoms with Crippen LogP contribution in [0.2, 0.25) is 0 Å². The summed E-state index contributed by atoms with van der Waals surface area (Å²) in [7, 11) is 1.71. The molecule has 0 bridgehead atoms. The summed E-state index contributed by atoms with van der Waals surface area (Å²) in [5.41, 5.74) is 0. The zero-order chi connectivity index (χ0) is 5.70. The molecule has 0 aliphatic heterocycles. The molecule has 1 N–H and O–H groups in total. The van der Waals surface area contributed by atoms with Crippen LogP contribution >= 0.6 is 0 Å². The third-order valence-corrected chi connectivity index (χ3v) is 0.420. The van der Waals surface area contributed by atoms with E-state index in [1.807, 2.05) is 0 Å². The second-order valence-electron chi connectivity index (χ2n) is 1.13. The Morgan fingerprint density at radius 2 is 1.80 bits per heavy atom. The van der Waals surface area contributed by atoms with Gasteiger partial charge in [-0.05, 0) is 7.05 Å². The minimum Gasteiger partial charge on any atom is -0.450 e. The monoisotopic (exact) mass is 151 g/mol. The summed E-state index contributed by atoms with van der Waals surface area (Å²) in [5.74, 6) is -0.255. The average molecular weight is 151 g/mol. The van der Waals surface area contributed by atoms with Gasteiger partial charge in [0.2, 0.25) is 0 Å². The molecule has 0 aromatic heterocycles. The molecular weight excluding hydrogens is 130 g/mol. The molecule has 66 valence electrons. The van der Waals surface area contributed by atoms with E-state index in [2.05, 4.69) is 10.1 Å². The molecule has 0 saturated heterocycles. The van der Waals surface area contributed by atoms with Gasteiger partial charge in [-0.2, -0.15) is 0 Å². The van der Waals surface area contributed by atoms with Crippen molar-refractivity contribution in [2.45, 2.75) is 29.2 Å². The van der Waals surface area contributed by atoms with Crippen LogP contribution in [0.1, 0.15) is 29.2 Å². The number of hydrogen-bond acceptors (Lipinski definition) is 3. The smallest absolute Gasteiger partial charge is 0.303 e. The number of ether oxygens (including phenoxy) is 1.